The quantitative estimate of drug-likeness (QED) is 0.328. The van der Waals surface area contributed by atoms with E-state index < -0.39 is 12.0 Å². The number of benzene rings is 4. The van der Waals surface area contributed by atoms with Crippen LogP contribution in [0.4, 0.5) is 17.1 Å². The molecule has 0 aliphatic carbocycles. The third kappa shape index (κ3) is 5.03. The molecule has 0 unspecified atom stereocenters. The standard InChI is InChI=1S/C32H31N3O4/c1-34(2)23-13-11-22(12-14-23)33-31(36)29-27-7-5-6-8-28(27)32(37)35(24-15-19-26(39-4)20-16-24)30(29)21-9-17-25(38-3)18-10-21/h5-20,29-30H,1-4H3,(H,33,36)/t29-,30-/m0/s1. The van der Waals surface area contributed by atoms with Crippen molar-refractivity contribution in [1.29, 1.82) is 0 Å². The van der Waals surface area contributed by atoms with Gasteiger partial charge in [-0.2, -0.15) is 0 Å². The number of ether oxygens (including phenoxy) is 2. The fourth-order valence-electron chi connectivity index (χ4n) is 5.05. The molecule has 0 bridgehead atoms. The van der Waals surface area contributed by atoms with E-state index in [0.29, 0.717) is 34.0 Å². The average molecular weight is 522 g/mol. The minimum Gasteiger partial charge on any atom is -0.497 e. The van der Waals surface area contributed by atoms with Gasteiger partial charge in [-0.05, 0) is 77.9 Å². The van der Waals surface area contributed by atoms with Crippen LogP contribution in [0.5, 0.6) is 11.5 Å². The van der Waals surface area contributed by atoms with Crippen LogP contribution in [0, 0.1) is 0 Å². The van der Waals surface area contributed by atoms with E-state index in [1.165, 1.54) is 0 Å². The van der Waals surface area contributed by atoms with E-state index in [-0.39, 0.29) is 11.8 Å². The van der Waals surface area contributed by atoms with Crippen LogP contribution in [0.15, 0.2) is 97.1 Å². The molecule has 0 spiro atoms. The minimum absolute atomic E-state index is 0.170. The number of anilines is 3. The molecule has 0 saturated heterocycles. The van der Waals surface area contributed by atoms with E-state index in [4.69, 9.17) is 9.47 Å². The second-order valence-corrected chi connectivity index (χ2v) is 9.59. The highest BCUT2D eigenvalue weighted by Crippen LogP contribution is 2.46. The molecule has 39 heavy (non-hydrogen) atoms. The van der Waals surface area contributed by atoms with Gasteiger partial charge in [0.2, 0.25) is 5.91 Å². The van der Waals surface area contributed by atoms with Gasteiger partial charge in [-0.25, -0.2) is 0 Å². The maximum Gasteiger partial charge on any atom is 0.259 e. The fraction of sp³-hybridized carbons (Fsp3) is 0.188. The van der Waals surface area contributed by atoms with Crippen molar-refractivity contribution in [1.82, 2.24) is 0 Å². The zero-order valence-corrected chi connectivity index (χ0v) is 22.4. The maximum atomic E-state index is 14.1. The third-order valence-corrected chi connectivity index (χ3v) is 7.08. The van der Waals surface area contributed by atoms with Crippen LogP contribution in [0.25, 0.3) is 0 Å². The molecule has 1 heterocycles. The second-order valence-electron chi connectivity index (χ2n) is 9.59. The Bertz CT molecular complexity index is 1470. The Kier molecular flexibility index (Phi) is 7.23. The van der Waals surface area contributed by atoms with Crippen molar-refractivity contribution < 1.29 is 19.1 Å². The summed E-state index contributed by atoms with van der Waals surface area (Å²) in [6.45, 7) is 0. The predicted molar refractivity (Wildman–Crippen MR) is 154 cm³/mol. The van der Waals surface area contributed by atoms with E-state index in [1.807, 2.05) is 110 Å². The molecule has 4 aromatic carbocycles. The van der Waals surface area contributed by atoms with Crippen molar-refractivity contribution in [2.24, 2.45) is 0 Å². The normalized spacial score (nSPS) is 16.3. The highest BCUT2D eigenvalue weighted by atomic mass is 16.5. The van der Waals surface area contributed by atoms with Crippen molar-refractivity contribution in [3.05, 3.63) is 114 Å². The van der Waals surface area contributed by atoms with Gasteiger partial charge in [-0.3, -0.25) is 14.5 Å². The van der Waals surface area contributed by atoms with Crippen LogP contribution < -0.4 is 24.6 Å². The summed E-state index contributed by atoms with van der Waals surface area (Å²) in [6, 6.07) is 29.3. The lowest BCUT2D eigenvalue weighted by atomic mass is 9.78. The lowest BCUT2D eigenvalue weighted by molar-refractivity contribution is -0.118. The monoisotopic (exact) mass is 521 g/mol. The summed E-state index contributed by atoms with van der Waals surface area (Å²) < 4.78 is 10.7. The number of nitrogens with one attached hydrogen (secondary N) is 1. The van der Waals surface area contributed by atoms with Gasteiger partial charge < -0.3 is 19.7 Å². The number of carbonyl (C=O) groups is 2. The van der Waals surface area contributed by atoms with Crippen LogP contribution in [0.2, 0.25) is 0 Å². The fourth-order valence-corrected chi connectivity index (χ4v) is 5.05. The van der Waals surface area contributed by atoms with Gasteiger partial charge in [0.1, 0.15) is 11.5 Å². The summed E-state index contributed by atoms with van der Waals surface area (Å²) in [5.41, 5.74) is 4.39. The molecule has 198 valence electrons. The Morgan fingerprint density at radius 3 is 1.97 bits per heavy atom. The lowest BCUT2D eigenvalue weighted by Crippen LogP contribution is -2.46. The Morgan fingerprint density at radius 2 is 1.38 bits per heavy atom. The van der Waals surface area contributed by atoms with E-state index >= 15 is 0 Å². The number of carbonyl (C=O) groups excluding carboxylic acids is 2. The first-order chi connectivity index (χ1) is 18.9. The molecule has 7 heteroatoms. The summed E-state index contributed by atoms with van der Waals surface area (Å²) in [6.07, 6.45) is 0. The van der Waals surface area contributed by atoms with Crippen LogP contribution in [-0.2, 0) is 4.79 Å². The van der Waals surface area contributed by atoms with Crippen molar-refractivity contribution in [2.75, 3.05) is 43.4 Å². The van der Waals surface area contributed by atoms with Gasteiger partial charge in [0.05, 0.1) is 26.2 Å². The number of nitrogens with zero attached hydrogens (tertiary/aromatic N) is 2. The van der Waals surface area contributed by atoms with Crippen molar-refractivity contribution in [3.8, 4) is 11.5 Å². The summed E-state index contributed by atoms with van der Waals surface area (Å²) >= 11 is 0. The van der Waals surface area contributed by atoms with Gasteiger partial charge in [0.15, 0.2) is 0 Å². The van der Waals surface area contributed by atoms with Crippen molar-refractivity contribution in [2.45, 2.75) is 12.0 Å². The number of rotatable bonds is 7. The average Bonchev–Trinajstić information content (AvgIpc) is 2.97. The highest BCUT2D eigenvalue weighted by Gasteiger charge is 2.45. The van der Waals surface area contributed by atoms with Gasteiger partial charge in [0, 0.05) is 36.7 Å². The van der Waals surface area contributed by atoms with E-state index in [1.54, 1.807) is 25.2 Å². The Balaban J connectivity index is 1.64. The topological polar surface area (TPSA) is 71.1 Å². The third-order valence-electron chi connectivity index (χ3n) is 7.08. The Labute approximate surface area is 228 Å². The first-order valence-corrected chi connectivity index (χ1v) is 12.7. The SMILES string of the molecule is COc1ccc([C@H]2[C@@H](C(=O)Nc3ccc(N(C)C)cc3)c3ccccc3C(=O)N2c2ccc(OC)cc2)cc1. The molecule has 1 aliphatic heterocycles. The van der Waals surface area contributed by atoms with Crippen molar-refractivity contribution >= 4 is 28.9 Å². The zero-order chi connectivity index (χ0) is 27.5. The first kappa shape index (κ1) is 25.9. The number of hydrogen-bond acceptors (Lipinski definition) is 5. The van der Waals surface area contributed by atoms with Gasteiger partial charge >= 0.3 is 0 Å². The summed E-state index contributed by atoms with van der Waals surface area (Å²) in [5, 5.41) is 3.11. The molecule has 2 amide bonds. The van der Waals surface area contributed by atoms with Gasteiger partial charge in [0.25, 0.3) is 5.91 Å². The second kappa shape index (κ2) is 10.9. The summed E-state index contributed by atoms with van der Waals surface area (Å²) in [7, 11) is 7.15. The van der Waals surface area contributed by atoms with Gasteiger partial charge in [-0.15, -0.1) is 0 Å². The Hall–Kier alpha value is -4.78. The lowest BCUT2D eigenvalue weighted by Gasteiger charge is -2.42. The molecule has 0 radical (unpaired) electrons. The Morgan fingerprint density at radius 1 is 0.795 bits per heavy atom. The van der Waals surface area contributed by atoms with Crippen molar-refractivity contribution in [3.63, 3.8) is 0 Å². The number of fused-ring (bicyclic) bond motifs is 1. The summed E-state index contributed by atoms with van der Waals surface area (Å²) in [4.78, 5) is 31.9. The number of methoxy groups -OCH3 is 2. The van der Waals surface area contributed by atoms with Crippen LogP contribution in [-0.4, -0.2) is 40.1 Å². The number of amides is 2. The molecule has 5 rings (SSSR count). The smallest absolute Gasteiger partial charge is 0.259 e. The largest absolute Gasteiger partial charge is 0.497 e. The highest BCUT2D eigenvalue weighted by molar-refractivity contribution is 6.12. The minimum atomic E-state index is -0.678. The first-order valence-electron chi connectivity index (χ1n) is 12.7. The van der Waals surface area contributed by atoms with Gasteiger partial charge in [-0.1, -0.05) is 30.3 Å². The molecule has 4 aromatic rings. The van der Waals surface area contributed by atoms with E-state index in [0.717, 1.165) is 11.3 Å². The molecule has 2 atom stereocenters. The molecular weight excluding hydrogens is 490 g/mol. The molecular formula is C32H31N3O4. The molecule has 0 saturated carbocycles. The number of hydrogen-bond donors (Lipinski definition) is 1. The molecule has 0 aromatic heterocycles. The van der Waals surface area contributed by atoms with Crippen LogP contribution in [0.3, 0.4) is 0 Å². The predicted octanol–water partition coefficient (Wildman–Crippen LogP) is 5.89. The van der Waals surface area contributed by atoms with Crippen LogP contribution >= 0.6 is 0 Å². The molecule has 7 nitrogen and oxygen atoms in total. The van der Waals surface area contributed by atoms with E-state index in [2.05, 4.69) is 5.32 Å². The summed E-state index contributed by atoms with van der Waals surface area (Å²) in [5.74, 6) is 0.324. The molecule has 1 N–H and O–H groups in total. The van der Waals surface area contributed by atoms with Crippen LogP contribution in [0.1, 0.15) is 33.4 Å². The maximum absolute atomic E-state index is 14.1. The zero-order valence-electron chi connectivity index (χ0n) is 22.4. The van der Waals surface area contributed by atoms with E-state index in [9.17, 15) is 9.59 Å². The molecule has 1 aliphatic rings. The molecule has 0 fully saturated rings.